The van der Waals surface area contributed by atoms with Crippen LogP contribution in [-0.2, 0) is 0 Å². The summed E-state index contributed by atoms with van der Waals surface area (Å²) in [5.74, 6) is 0.215. The first-order valence-electron chi connectivity index (χ1n) is 5.07. The molecule has 0 saturated carbocycles. The molecule has 0 aliphatic heterocycles. The molecule has 1 aromatic heterocycles. The van der Waals surface area contributed by atoms with Gasteiger partial charge in [-0.3, -0.25) is 4.57 Å². The third kappa shape index (κ3) is 1.85. The summed E-state index contributed by atoms with van der Waals surface area (Å²) in [6.07, 6.45) is 1.72. The van der Waals surface area contributed by atoms with Crippen LogP contribution in [0.1, 0.15) is 0 Å². The highest BCUT2D eigenvalue weighted by atomic mass is 35.5. The van der Waals surface area contributed by atoms with Crippen LogP contribution in [0, 0.1) is 0 Å². The van der Waals surface area contributed by atoms with E-state index in [0.717, 1.165) is 11.2 Å². The maximum absolute atomic E-state index is 9.66. The van der Waals surface area contributed by atoms with Gasteiger partial charge in [-0.05, 0) is 24.3 Å². The Balaban J connectivity index is 0.00000108. The van der Waals surface area contributed by atoms with E-state index < -0.39 is 0 Å². The van der Waals surface area contributed by atoms with Gasteiger partial charge >= 0.3 is 0 Å². The number of phenols is 1. The van der Waals surface area contributed by atoms with Crippen molar-refractivity contribution in [1.29, 1.82) is 0 Å². The molecule has 3 nitrogen and oxygen atoms in total. The van der Waals surface area contributed by atoms with Gasteiger partial charge in [0.05, 0.1) is 5.52 Å². The molecule has 0 aliphatic rings. The second kappa shape index (κ2) is 4.47. The minimum absolute atomic E-state index is 0. The minimum Gasteiger partial charge on any atom is -0.506 e. The van der Waals surface area contributed by atoms with Crippen LogP contribution in [0.4, 0.5) is 0 Å². The molecule has 17 heavy (non-hydrogen) atoms. The number of para-hydroxylation sites is 2. The highest BCUT2D eigenvalue weighted by molar-refractivity contribution is 5.85. The molecule has 4 heteroatoms. The summed E-state index contributed by atoms with van der Waals surface area (Å²) in [5.41, 5.74) is 2.58. The van der Waals surface area contributed by atoms with Gasteiger partial charge in [0.25, 0.3) is 0 Å². The topological polar surface area (TPSA) is 38.1 Å². The first-order valence-corrected chi connectivity index (χ1v) is 5.07. The Morgan fingerprint density at radius 2 is 1.71 bits per heavy atom. The van der Waals surface area contributed by atoms with Gasteiger partial charge in [0.2, 0.25) is 0 Å². The maximum atomic E-state index is 9.66. The highest BCUT2D eigenvalue weighted by Gasteiger charge is 2.06. The second-order valence-electron chi connectivity index (χ2n) is 3.59. The van der Waals surface area contributed by atoms with Gasteiger partial charge in [0, 0.05) is 5.69 Å². The van der Waals surface area contributed by atoms with Crippen molar-refractivity contribution in [3.05, 3.63) is 54.9 Å². The Bertz CT molecular complexity index is 634. The molecule has 3 aromatic rings. The number of fused-ring (bicyclic) bond motifs is 1. The maximum Gasteiger partial charge on any atom is 0.143 e. The normalized spacial score (nSPS) is 10.1. The van der Waals surface area contributed by atoms with E-state index >= 15 is 0 Å². The number of phenolic OH excluding ortho intramolecular Hbond substituents is 1. The van der Waals surface area contributed by atoms with Crippen LogP contribution in [-0.4, -0.2) is 14.7 Å². The third-order valence-corrected chi connectivity index (χ3v) is 2.59. The van der Waals surface area contributed by atoms with Gasteiger partial charge in [-0.25, -0.2) is 4.98 Å². The van der Waals surface area contributed by atoms with E-state index in [4.69, 9.17) is 0 Å². The lowest BCUT2D eigenvalue weighted by Crippen LogP contribution is -1.90. The SMILES string of the molecule is Cl.Oc1cccc2c1ncn2-c1ccccc1. The van der Waals surface area contributed by atoms with Crippen molar-refractivity contribution in [2.24, 2.45) is 0 Å². The Morgan fingerprint density at radius 3 is 2.47 bits per heavy atom. The van der Waals surface area contributed by atoms with Gasteiger partial charge in [0.15, 0.2) is 0 Å². The van der Waals surface area contributed by atoms with Gasteiger partial charge in [0.1, 0.15) is 17.6 Å². The van der Waals surface area contributed by atoms with Crippen LogP contribution in [0.3, 0.4) is 0 Å². The molecule has 0 radical (unpaired) electrons. The van der Waals surface area contributed by atoms with Crippen molar-refractivity contribution in [1.82, 2.24) is 9.55 Å². The van der Waals surface area contributed by atoms with Gasteiger partial charge in [-0.15, -0.1) is 12.4 Å². The molecule has 0 atom stereocenters. The number of aromatic nitrogens is 2. The number of imidazole rings is 1. The molecule has 1 N–H and O–H groups in total. The van der Waals surface area contributed by atoms with Crippen molar-refractivity contribution in [3.63, 3.8) is 0 Å². The Labute approximate surface area is 105 Å². The Hall–Kier alpha value is -2.00. The summed E-state index contributed by atoms with van der Waals surface area (Å²) in [6, 6.07) is 15.3. The van der Waals surface area contributed by atoms with E-state index in [9.17, 15) is 5.11 Å². The first-order chi connectivity index (χ1) is 7.86. The van der Waals surface area contributed by atoms with Crippen LogP contribution in [0.25, 0.3) is 16.7 Å². The lowest BCUT2D eigenvalue weighted by Gasteiger charge is -2.03. The zero-order chi connectivity index (χ0) is 11.0. The Kier molecular flexibility index (Phi) is 3.02. The fourth-order valence-electron chi connectivity index (χ4n) is 1.82. The van der Waals surface area contributed by atoms with Gasteiger partial charge < -0.3 is 5.11 Å². The molecule has 0 saturated heterocycles. The number of halogens is 1. The average molecular weight is 247 g/mol. The standard InChI is InChI=1S/C13H10N2O.ClH/c16-12-8-4-7-11-13(12)14-9-15(11)10-5-2-1-3-6-10;/h1-9,16H;1H. The lowest BCUT2D eigenvalue weighted by atomic mass is 10.2. The quantitative estimate of drug-likeness (QED) is 0.716. The second-order valence-corrected chi connectivity index (χ2v) is 3.59. The van der Waals surface area contributed by atoms with Crippen molar-refractivity contribution < 1.29 is 5.11 Å². The van der Waals surface area contributed by atoms with Crippen molar-refractivity contribution in [3.8, 4) is 11.4 Å². The van der Waals surface area contributed by atoms with Crippen LogP contribution in [0.15, 0.2) is 54.9 Å². The third-order valence-electron chi connectivity index (χ3n) is 2.59. The van der Waals surface area contributed by atoms with Crippen molar-refractivity contribution >= 4 is 23.4 Å². The van der Waals surface area contributed by atoms with Crippen molar-refractivity contribution in [2.45, 2.75) is 0 Å². The fraction of sp³-hybridized carbons (Fsp3) is 0. The molecule has 1 heterocycles. The van der Waals surface area contributed by atoms with Crippen molar-refractivity contribution in [2.75, 3.05) is 0 Å². The summed E-state index contributed by atoms with van der Waals surface area (Å²) in [5, 5.41) is 9.66. The largest absolute Gasteiger partial charge is 0.506 e. The van der Waals surface area contributed by atoms with E-state index in [-0.39, 0.29) is 18.2 Å². The predicted molar refractivity (Wildman–Crippen MR) is 70.0 cm³/mol. The van der Waals surface area contributed by atoms with E-state index in [2.05, 4.69) is 4.98 Å². The van der Waals surface area contributed by atoms with Crippen LogP contribution >= 0.6 is 12.4 Å². The van der Waals surface area contributed by atoms with Gasteiger partial charge in [-0.1, -0.05) is 24.3 Å². The number of aromatic hydroxyl groups is 1. The summed E-state index contributed by atoms with van der Waals surface area (Å²) in [4.78, 5) is 4.21. The molecule has 0 fully saturated rings. The average Bonchev–Trinajstić information content (AvgIpc) is 2.75. The van der Waals surface area contributed by atoms with Crippen LogP contribution < -0.4 is 0 Å². The molecule has 3 rings (SSSR count). The van der Waals surface area contributed by atoms with E-state index in [1.807, 2.05) is 47.0 Å². The molecule has 0 amide bonds. The smallest absolute Gasteiger partial charge is 0.143 e. The lowest BCUT2D eigenvalue weighted by molar-refractivity contribution is 0.480. The van der Waals surface area contributed by atoms with Crippen LogP contribution in [0.2, 0.25) is 0 Å². The van der Waals surface area contributed by atoms with Crippen LogP contribution in [0.5, 0.6) is 5.75 Å². The monoisotopic (exact) mass is 246 g/mol. The summed E-state index contributed by atoms with van der Waals surface area (Å²) >= 11 is 0. The predicted octanol–water partition coefficient (Wildman–Crippen LogP) is 3.15. The zero-order valence-corrected chi connectivity index (χ0v) is 9.76. The number of hydrogen-bond acceptors (Lipinski definition) is 2. The number of rotatable bonds is 1. The summed E-state index contributed by atoms with van der Waals surface area (Å²) in [6.45, 7) is 0. The molecular formula is C13H11ClN2O. The molecule has 0 unspecified atom stereocenters. The zero-order valence-electron chi connectivity index (χ0n) is 8.95. The molecule has 0 aliphatic carbocycles. The summed E-state index contributed by atoms with van der Waals surface area (Å²) < 4.78 is 1.95. The summed E-state index contributed by atoms with van der Waals surface area (Å²) in [7, 11) is 0. The molecule has 86 valence electrons. The number of nitrogens with zero attached hydrogens (tertiary/aromatic N) is 2. The van der Waals surface area contributed by atoms with E-state index in [1.54, 1.807) is 12.4 Å². The molecule has 2 aromatic carbocycles. The first kappa shape index (κ1) is 11.5. The Morgan fingerprint density at radius 1 is 0.941 bits per heavy atom. The molecule has 0 bridgehead atoms. The van der Waals surface area contributed by atoms with E-state index in [1.165, 1.54) is 0 Å². The number of benzene rings is 2. The van der Waals surface area contributed by atoms with E-state index in [0.29, 0.717) is 5.52 Å². The highest BCUT2D eigenvalue weighted by Crippen LogP contribution is 2.24. The molecular weight excluding hydrogens is 236 g/mol. The minimum atomic E-state index is 0. The fourth-order valence-corrected chi connectivity index (χ4v) is 1.82. The van der Waals surface area contributed by atoms with Gasteiger partial charge in [-0.2, -0.15) is 0 Å². The molecule has 0 spiro atoms. The number of hydrogen-bond donors (Lipinski definition) is 1.